The van der Waals surface area contributed by atoms with Gasteiger partial charge in [-0.15, -0.1) is 0 Å². The monoisotopic (exact) mass is 303 g/mol. The van der Waals surface area contributed by atoms with Crippen molar-refractivity contribution < 1.29 is 9.90 Å². The Morgan fingerprint density at radius 3 is 2.68 bits per heavy atom. The van der Waals surface area contributed by atoms with Gasteiger partial charge in [-0.2, -0.15) is 0 Å². The smallest absolute Gasteiger partial charge is 0.224 e. The topological polar surface area (TPSA) is 49.3 Å². The second-order valence-electron chi connectivity index (χ2n) is 4.91. The first-order chi connectivity index (χ1) is 8.88. The van der Waals surface area contributed by atoms with Crippen molar-refractivity contribution in [2.24, 2.45) is 5.92 Å². The Morgan fingerprint density at radius 1 is 1.37 bits per heavy atom. The van der Waals surface area contributed by atoms with Gasteiger partial charge in [0.05, 0.1) is 12.5 Å². The van der Waals surface area contributed by atoms with Gasteiger partial charge in [0, 0.05) is 16.6 Å². The Morgan fingerprint density at radius 2 is 2.05 bits per heavy atom. The summed E-state index contributed by atoms with van der Waals surface area (Å²) in [6.45, 7) is 4.27. The van der Waals surface area contributed by atoms with Crippen molar-refractivity contribution in [1.82, 2.24) is 5.32 Å². The van der Waals surface area contributed by atoms with Crippen LogP contribution in [0.5, 0.6) is 0 Å². The third-order valence-electron chi connectivity index (χ3n) is 2.75. The lowest BCUT2D eigenvalue weighted by molar-refractivity contribution is -0.120. The Hall–Kier alpha value is -0.770. The lowest BCUT2D eigenvalue weighted by Gasteiger charge is -2.14. The van der Waals surface area contributed by atoms with Crippen LogP contribution in [0.4, 0.5) is 0 Å². The van der Waals surface area contributed by atoms with Crippen molar-refractivity contribution in [3.8, 4) is 0 Å². The number of hydrogen-bond acceptors (Lipinski definition) is 2. The molecule has 0 aliphatic rings. The fraction of sp³-hybridized carbons (Fsp3) is 0.500. The predicted octanol–water partition coefficient (Wildman–Crippen LogP) is 3.06. The zero-order valence-corrected chi connectivity index (χ0v) is 12.6. The molecule has 0 radical (unpaired) electrons. The third kappa shape index (κ3) is 6.28. The molecule has 0 saturated carbocycles. The molecule has 2 N–H and O–H groups in total. The van der Waals surface area contributed by atoms with Gasteiger partial charge in [-0.25, -0.2) is 0 Å². The molecular formula is C14H19Cl2NO2. The van der Waals surface area contributed by atoms with Crippen LogP contribution in [-0.2, 0) is 11.2 Å². The Bertz CT molecular complexity index is 435. The lowest BCUT2D eigenvalue weighted by Crippen LogP contribution is -2.30. The molecule has 1 aromatic carbocycles. The molecule has 2 unspecified atom stereocenters. The first kappa shape index (κ1) is 16.3. The molecule has 0 aromatic heterocycles. The molecule has 1 aromatic rings. The van der Waals surface area contributed by atoms with E-state index in [1.54, 1.807) is 25.1 Å². The number of carbonyl (C=O) groups is 1. The highest BCUT2D eigenvalue weighted by atomic mass is 35.5. The van der Waals surface area contributed by atoms with Crippen LogP contribution in [0.3, 0.4) is 0 Å². The molecule has 0 aliphatic heterocycles. The molecule has 106 valence electrons. The number of carbonyl (C=O) groups excluding carboxylic acids is 1. The van der Waals surface area contributed by atoms with E-state index in [0.717, 1.165) is 5.56 Å². The minimum absolute atomic E-state index is 0.0957. The van der Waals surface area contributed by atoms with Crippen molar-refractivity contribution in [1.29, 1.82) is 0 Å². The van der Waals surface area contributed by atoms with E-state index in [2.05, 4.69) is 5.32 Å². The first-order valence-corrected chi connectivity index (χ1v) is 7.02. The fourth-order valence-corrected chi connectivity index (χ4v) is 2.25. The summed E-state index contributed by atoms with van der Waals surface area (Å²) in [7, 11) is 0. The maximum atomic E-state index is 11.8. The number of amides is 1. The van der Waals surface area contributed by atoms with Gasteiger partial charge in [-0.1, -0.05) is 30.1 Å². The number of benzene rings is 1. The van der Waals surface area contributed by atoms with Crippen LogP contribution < -0.4 is 5.32 Å². The second kappa shape index (κ2) is 7.73. The molecule has 0 aliphatic carbocycles. The molecule has 2 atom stereocenters. The quantitative estimate of drug-likeness (QED) is 0.848. The van der Waals surface area contributed by atoms with E-state index in [0.29, 0.717) is 23.0 Å². The van der Waals surface area contributed by atoms with Gasteiger partial charge < -0.3 is 10.4 Å². The Balaban J connectivity index is 2.45. The molecule has 0 fully saturated rings. The van der Waals surface area contributed by atoms with Crippen molar-refractivity contribution >= 4 is 29.1 Å². The summed E-state index contributed by atoms with van der Waals surface area (Å²) >= 11 is 11.9. The molecule has 0 saturated heterocycles. The predicted molar refractivity (Wildman–Crippen MR) is 78.6 cm³/mol. The molecule has 3 nitrogen and oxygen atoms in total. The van der Waals surface area contributed by atoms with Gasteiger partial charge in [0.25, 0.3) is 0 Å². The normalized spacial score (nSPS) is 13.9. The number of rotatable bonds is 6. The van der Waals surface area contributed by atoms with E-state index < -0.39 is 0 Å². The second-order valence-corrected chi connectivity index (χ2v) is 5.75. The summed E-state index contributed by atoms with van der Waals surface area (Å²) < 4.78 is 0. The SMILES string of the molecule is CC(O)CC(C)CNC(=O)Cc1cc(Cl)ccc1Cl. The fourth-order valence-electron chi connectivity index (χ4n) is 1.87. The van der Waals surface area contributed by atoms with Crippen LogP contribution in [0.25, 0.3) is 0 Å². The largest absolute Gasteiger partial charge is 0.393 e. The Kier molecular flexibility index (Phi) is 6.63. The molecule has 0 heterocycles. The van der Waals surface area contributed by atoms with Crippen LogP contribution in [0.1, 0.15) is 25.8 Å². The van der Waals surface area contributed by atoms with E-state index >= 15 is 0 Å². The summed E-state index contributed by atoms with van der Waals surface area (Å²) in [6.07, 6.45) is 0.521. The molecule has 0 bridgehead atoms. The summed E-state index contributed by atoms with van der Waals surface area (Å²) in [4.78, 5) is 11.8. The Labute approximate surface area is 123 Å². The van der Waals surface area contributed by atoms with Crippen molar-refractivity contribution in [3.63, 3.8) is 0 Å². The highest BCUT2D eigenvalue weighted by Gasteiger charge is 2.10. The van der Waals surface area contributed by atoms with Crippen LogP contribution in [-0.4, -0.2) is 23.7 Å². The molecule has 19 heavy (non-hydrogen) atoms. The zero-order chi connectivity index (χ0) is 14.4. The maximum Gasteiger partial charge on any atom is 0.224 e. The average Bonchev–Trinajstić information content (AvgIpc) is 2.30. The van der Waals surface area contributed by atoms with Crippen LogP contribution in [0.15, 0.2) is 18.2 Å². The van der Waals surface area contributed by atoms with E-state index in [-0.39, 0.29) is 24.3 Å². The molecule has 1 rings (SSSR count). The maximum absolute atomic E-state index is 11.8. The van der Waals surface area contributed by atoms with Crippen molar-refractivity contribution in [3.05, 3.63) is 33.8 Å². The highest BCUT2D eigenvalue weighted by Crippen LogP contribution is 2.21. The van der Waals surface area contributed by atoms with Crippen molar-refractivity contribution in [2.75, 3.05) is 6.54 Å². The number of halogens is 2. The van der Waals surface area contributed by atoms with Gasteiger partial charge in [0.15, 0.2) is 0 Å². The number of hydrogen-bond donors (Lipinski definition) is 2. The van der Waals surface area contributed by atoms with Crippen LogP contribution >= 0.6 is 23.2 Å². The van der Waals surface area contributed by atoms with E-state index in [1.807, 2.05) is 6.92 Å². The first-order valence-electron chi connectivity index (χ1n) is 6.27. The van der Waals surface area contributed by atoms with Gasteiger partial charge >= 0.3 is 0 Å². The number of aliphatic hydroxyl groups excluding tert-OH is 1. The summed E-state index contributed by atoms with van der Waals surface area (Å²) in [6, 6.07) is 5.07. The number of aliphatic hydroxyl groups is 1. The van der Waals surface area contributed by atoms with Crippen molar-refractivity contribution in [2.45, 2.75) is 32.8 Å². The third-order valence-corrected chi connectivity index (χ3v) is 3.35. The number of nitrogens with one attached hydrogen (secondary N) is 1. The molecular weight excluding hydrogens is 285 g/mol. The zero-order valence-electron chi connectivity index (χ0n) is 11.1. The van der Waals surface area contributed by atoms with Crippen LogP contribution in [0, 0.1) is 5.92 Å². The van der Waals surface area contributed by atoms with Gasteiger partial charge in [0.1, 0.15) is 0 Å². The van der Waals surface area contributed by atoms with Crippen LogP contribution in [0.2, 0.25) is 10.0 Å². The molecule has 1 amide bonds. The minimum Gasteiger partial charge on any atom is -0.393 e. The van der Waals surface area contributed by atoms with Gasteiger partial charge in [-0.05, 0) is 43.0 Å². The van der Waals surface area contributed by atoms with E-state index in [4.69, 9.17) is 23.2 Å². The van der Waals surface area contributed by atoms with E-state index in [9.17, 15) is 9.90 Å². The van der Waals surface area contributed by atoms with Gasteiger partial charge in [0.2, 0.25) is 5.91 Å². The molecule has 0 spiro atoms. The molecule has 5 heteroatoms. The van der Waals surface area contributed by atoms with Gasteiger partial charge in [-0.3, -0.25) is 4.79 Å². The lowest BCUT2D eigenvalue weighted by atomic mass is 10.0. The minimum atomic E-state index is -0.353. The average molecular weight is 304 g/mol. The summed E-state index contributed by atoms with van der Waals surface area (Å²) in [5, 5.41) is 13.2. The van der Waals surface area contributed by atoms with E-state index in [1.165, 1.54) is 0 Å². The summed E-state index contributed by atoms with van der Waals surface area (Å²) in [5.74, 6) is 0.139. The highest BCUT2D eigenvalue weighted by molar-refractivity contribution is 6.33. The standard InChI is InChI=1S/C14H19Cl2NO2/c1-9(5-10(2)18)8-17-14(19)7-11-6-12(15)3-4-13(11)16/h3-4,6,9-10,18H,5,7-8H2,1-2H3,(H,17,19). The summed E-state index contributed by atoms with van der Waals surface area (Å²) in [5.41, 5.74) is 0.717.